The van der Waals surface area contributed by atoms with Crippen LogP contribution in [0.15, 0.2) is 79.3 Å². The molecule has 0 saturated carbocycles. The van der Waals surface area contributed by atoms with Crippen LogP contribution in [0.4, 0.5) is 0 Å². The molecule has 4 rings (SSSR count). The number of hydrogen-bond acceptors (Lipinski definition) is 3. The van der Waals surface area contributed by atoms with Crippen LogP contribution in [0.2, 0.25) is 0 Å². The lowest BCUT2D eigenvalue weighted by Crippen LogP contribution is -2.12. The Balaban J connectivity index is 1.86. The number of primary amides is 1. The van der Waals surface area contributed by atoms with Crippen molar-refractivity contribution < 1.29 is 4.79 Å². The van der Waals surface area contributed by atoms with E-state index in [9.17, 15) is 4.79 Å². The zero-order chi connectivity index (χ0) is 21.1. The highest BCUT2D eigenvalue weighted by Gasteiger charge is 2.12. The molecule has 2 N–H and O–H groups in total. The first kappa shape index (κ1) is 19.5. The minimum absolute atomic E-state index is 0.407. The van der Waals surface area contributed by atoms with Crippen LogP contribution in [-0.2, 0) is 4.79 Å². The van der Waals surface area contributed by atoms with Gasteiger partial charge in [0, 0.05) is 35.1 Å². The number of pyridine rings is 2. The Morgan fingerprint density at radius 1 is 0.967 bits per heavy atom. The SMILES string of the molecule is CC(C)c1cc(-c2cccc(/C=C(/C(N)=O)c3ccncc3)c2)c2ncccc2c1. The number of hydrogen-bond donors (Lipinski definition) is 1. The lowest BCUT2D eigenvalue weighted by Gasteiger charge is -2.13. The first-order chi connectivity index (χ1) is 14.5. The summed E-state index contributed by atoms with van der Waals surface area (Å²) in [6, 6.07) is 20.1. The van der Waals surface area contributed by atoms with Gasteiger partial charge in [-0.25, -0.2) is 0 Å². The van der Waals surface area contributed by atoms with Gasteiger partial charge in [-0.2, -0.15) is 0 Å². The third kappa shape index (κ3) is 3.98. The van der Waals surface area contributed by atoms with Gasteiger partial charge in [-0.05, 0) is 70.6 Å². The van der Waals surface area contributed by atoms with E-state index in [0.717, 1.165) is 33.2 Å². The summed E-state index contributed by atoms with van der Waals surface area (Å²) >= 11 is 0. The van der Waals surface area contributed by atoms with E-state index >= 15 is 0 Å². The molecule has 0 saturated heterocycles. The Kier molecular flexibility index (Phi) is 5.40. The fourth-order valence-corrected chi connectivity index (χ4v) is 3.56. The van der Waals surface area contributed by atoms with Crippen molar-refractivity contribution in [1.82, 2.24) is 9.97 Å². The van der Waals surface area contributed by atoms with Crippen molar-refractivity contribution in [1.29, 1.82) is 0 Å². The summed E-state index contributed by atoms with van der Waals surface area (Å²) in [4.78, 5) is 20.7. The van der Waals surface area contributed by atoms with Gasteiger partial charge in [-0.3, -0.25) is 14.8 Å². The summed E-state index contributed by atoms with van der Waals surface area (Å²) in [5.41, 5.74) is 12.1. The van der Waals surface area contributed by atoms with E-state index in [1.165, 1.54) is 5.56 Å². The molecule has 0 atom stereocenters. The molecule has 0 radical (unpaired) electrons. The van der Waals surface area contributed by atoms with Gasteiger partial charge in [-0.15, -0.1) is 0 Å². The number of amides is 1. The van der Waals surface area contributed by atoms with Crippen LogP contribution in [0.3, 0.4) is 0 Å². The quantitative estimate of drug-likeness (QED) is 0.459. The second-order valence-electron chi connectivity index (χ2n) is 7.58. The maximum atomic E-state index is 12.1. The molecule has 0 bridgehead atoms. The number of aromatic nitrogens is 2. The number of benzene rings is 2. The van der Waals surface area contributed by atoms with Crippen molar-refractivity contribution in [2.45, 2.75) is 19.8 Å². The van der Waals surface area contributed by atoms with Crippen molar-refractivity contribution in [2.75, 3.05) is 0 Å². The predicted octanol–water partition coefficient (Wildman–Crippen LogP) is 5.45. The molecule has 2 aromatic heterocycles. The highest BCUT2D eigenvalue weighted by molar-refractivity contribution is 6.23. The van der Waals surface area contributed by atoms with Gasteiger partial charge in [0.1, 0.15) is 0 Å². The van der Waals surface area contributed by atoms with Crippen LogP contribution >= 0.6 is 0 Å². The van der Waals surface area contributed by atoms with E-state index in [-0.39, 0.29) is 0 Å². The van der Waals surface area contributed by atoms with Crippen LogP contribution in [0, 0.1) is 0 Å². The molecule has 0 fully saturated rings. The lowest BCUT2D eigenvalue weighted by atomic mass is 9.93. The van der Waals surface area contributed by atoms with E-state index in [1.807, 2.05) is 30.5 Å². The highest BCUT2D eigenvalue weighted by atomic mass is 16.1. The molecule has 0 spiro atoms. The average Bonchev–Trinajstić information content (AvgIpc) is 2.77. The van der Waals surface area contributed by atoms with E-state index < -0.39 is 5.91 Å². The number of fused-ring (bicyclic) bond motifs is 1. The third-order valence-corrected chi connectivity index (χ3v) is 5.16. The minimum atomic E-state index is -0.472. The molecule has 4 nitrogen and oxygen atoms in total. The van der Waals surface area contributed by atoms with Crippen LogP contribution in [0.5, 0.6) is 0 Å². The van der Waals surface area contributed by atoms with E-state index in [1.54, 1.807) is 24.5 Å². The van der Waals surface area contributed by atoms with Crippen molar-refractivity contribution >= 4 is 28.5 Å². The maximum Gasteiger partial charge on any atom is 0.249 e. The lowest BCUT2D eigenvalue weighted by molar-refractivity contribution is -0.112. The summed E-state index contributed by atoms with van der Waals surface area (Å²) in [7, 11) is 0. The number of carbonyl (C=O) groups is 1. The molecule has 2 heterocycles. The molecule has 0 unspecified atom stereocenters. The van der Waals surface area contributed by atoms with Crippen LogP contribution in [0.25, 0.3) is 33.7 Å². The molecular weight excluding hydrogens is 370 g/mol. The normalized spacial score (nSPS) is 11.8. The van der Waals surface area contributed by atoms with Crippen LogP contribution < -0.4 is 5.73 Å². The summed E-state index contributed by atoms with van der Waals surface area (Å²) in [5.74, 6) is -0.0647. The first-order valence-corrected chi connectivity index (χ1v) is 9.94. The third-order valence-electron chi connectivity index (χ3n) is 5.16. The Hall–Kier alpha value is -3.79. The van der Waals surface area contributed by atoms with Crippen LogP contribution in [0.1, 0.15) is 36.5 Å². The molecule has 0 aliphatic carbocycles. The van der Waals surface area contributed by atoms with E-state index in [4.69, 9.17) is 5.73 Å². The first-order valence-electron chi connectivity index (χ1n) is 9.94. The summed E-state index contributed by atoms with van der Waals surface area (Å²) < 4.78 is 0. The van der Waals surface area contributed by atoms with Gasteiger partial charge < -0.3 is 5.73 Å². The largest absolute Gasteiger partial charge is 0.366 e. The number of nitrogens with zero attached hydrogens (tertiary/aromatic N) is 2. The molecule has 1 amide bonds. The number of carbonyl (C=O) groups excluding carboxylic acids is 1. The predicted molar refractivity (Wildman–Crippen MR) is 123 cm³/mol. The molecule has 30 heavy (non-hydrogen) atoms. The fourth-order valence-electron chi connectivity index (χ4n) is 3.56. The monoisotopic (exact) mass is 393 g/mol. The zero-order valence-corrected chi connectivity index (χ0v) is 17.0. The Labute approximate surface area is 176 Å². The van der Waals surface area contributed by atoms with Gasteiger partial charge in [0.05, 0.1) is 5.52 Å². The maximum absolute atomic E-state index is 12.1. The van der Waals surface area contributed by atoms with Gasteiger partial charge in [0.2, 0.25) is 5.91 Å². The molecular formula is C26H23N3O. The minimum Gasteiger partial charge on any atom is -0.366 e. The van der Waals surface area contributed by atoms with Crippen molar-refractivity contribution in [3.63, 3.8) is 0 Å². The second-order valence-corrected chi connectivity index (χ2v) is 7.58. The highest BCUT2D eigenvalue weighted by Crippen LogP contribution is 2.32. The smallest absolute Gasteiger partial charge is 0.249 e. The van der Waals surface area contributed by atoms with E-state index in [2.05, 4.69) is 54.1 Å². The average molecular weight is 393 g/mol. The summed E-state index contributed by atoms with van der Waals surface area (Å²) in [5, 5.41) is 1.12. The second kappa shape index (κ2) is 8.29. The molecule has 148 valence electrons. The topological polar surface area (TPSA) is 68.9 Å². The van der Waals surface area contributed by atoms with Gasteiger partial charge in [0.25, 0.3) is 0 Å². The Morgan fingerprint density at radius 3 is 2.50 bits per heavy atom. The molecule has 2 aromatic carbocycles. The molecule has 0 aliphatic rings. The van der Waals surface area contributed by atoms with Crippen molar-refractivity contribution in [2.24, 2.45) is 5.73 Å². The van der Waals surface area contributed by atoms with Crippen molar-refractivity contribution in [3.8, 4) is 11.1 Å². The number of rotatable bonds is 5. The van der Waals surface area contributed by atoms with Crippen molar-refractivity contribution in [3.05, 3.63) is 95.9 Å². The Morgan fingerprint density at radius 2 is 1.77 bits per heavy atom. The van der Waals surface area contributed by atoms with Gasteiger partial charge in [0.15, 0.2) is 0 Å². The van der Waals surface area contributed by atoms with Crippen LogP contribution in [-0.4, -0.2) is 15.9 Å². The fraction of sp³-hybridized carbons (Fsp3) is 0.115. The standard InChI is InChI=1S/C26H23N3O/c1-17(2)22-15-21-7-4-10-29-25(21)23(16-22)20-6-3-5-18(13-20)14-24(26(27)30)19-8-11-28-12-9-19/h3-17H,1-2H3,(H2,27,30)/b24-14+. The van der Waals surface area contributed by atoms with Gasteiger partial charge in [-0.1, -0.05) is 38.1 Å². The Bertz CT molecular complexity index is 1240. The van der Waals surface area contributed by atoms with E-state index in [0.29, 0.717) is 11.5 Å². The number of nitrogens with two attached hydrogens (primary N) is 1. The van der Waals surface area contributed by atoms with Gasteiger partial charge >= 0.3 is 0 Å². The zero-order valence-electron chi connectivity index (χ0n) is 17.0. The summed E-state index contributed by atoms with van der Waals surface area (Å²) in [6.45, 7) is 4.38. The molecule has 0 aliphatic heterocycles. The molecule has 4 heteroatoms. The molecule has 4 aromatic rings. The summed E-state index contributed by atoms with van der Waals surface area (Å²) in [6.07, 6.45) is 6.94.